The molecule has 1 aromatic carbocycles. The molecular weight excluding hydrogens is 402 g/mol. The predicted octanol–water partition coefficient (Wildman–Crippen LogP) is 3.98. The molecule has 2 rings (SSSR count). The Hall–Kier alpha value is -0.920. The zero-order valence-electron chi connectivity index (χ0n) is 11.9. The fraction of sp³-hybridized carbons (Fsp3) is 0.429. The second kappa shape index (κ2) is 7.91. The van der Waals surface area contributed by atoms with Crippen molar-refractivity contribution in [3.05, 3.63) is 38.4 Å². The van der Waals surface area contributed by atoms with Crippen LogP contribution in [0, 0.1) is 6.92 Å². The van der Waals surface area contributed by atoms with Crippen molar-refractivity contribution in [1.82, 2.24) is 15.5 Å². The number of nitrogens with one attached hydrogen (secondary N) is 1. The van der Waals surface area contributed by atoms with Crippen molar-refractivity contribution in [2.24, 2.45) is 0 Å². The van der Waals surface area contributed by atoms with Crippen LogP contribution in [0.3, 0.4) is 0 Å². The third kappa shape index (κ3) is 4.79. The average Bonchev–Trinajstić information content (AvgIpc) is 2.84. The molecule has 0 fully saturated rings. The van der Waals surface area contributed by atoms with Gasteiger partial charge >= 0.3 is 0 Å². The lowest BCUT2D eigenvalue weighted by Gasteiger charge is -2.11. The predicted molar refractivity (Wildman–Crippen MR) is 87.2 cm³/mol. The van der Waals surface area contributed by atoms with Gasteiger partial charge in [0, 0.05) is 6.54 Å². The molecule has 0 saturated carbocycles. The molecule has 1 N–H and O–H groups in total. The number of rotatable bonds is 7. The topological polar surface area (TPSA) is 60.2 Å². The highest BCUT2D eigenvalue weighted by atomic mass is 79.9. The molecule has 0 aliphatic carbocycles. The van der Waals surface area contributed by atoms with Crippen LogP contribution in [0.5, 0.6) is 5.75 Å². The van der Waals surface area contributed by atoms with E-state index >= 15 is 0 Å². The minimum Gasteiger partial charge on any atom is -0.481 e. The van der Waals surface area contributed by atoms with Crippen LogP contribution in [0.1, 0.15) is 30.6 Å². The maximum atomic E-state index is 5.74. The molecule has 1 aromatic heterocycles. The zero-order chi connectivity index (χ0) is 15.2. The van der Waals surface area contributed by atoms with Gasteiger partial charge in [-0.3, -0.25) is 0 Å². The lowest BCUT2D eigenvalue weighted by atomic mass is 10.2. The van der Waals surface area contributed by atoms with Crippen LogP contribution in [0.15, 0.2) is 25.6 Å². The number of hydrogen-bond donors (Lipinski definition) is 1. The number of halogens is 2. The standard InChI is InChI=1S/C14H17Br2N3O2/c1-3-4-17-7-10-5-11(15)14(12(16)6-10)20-8-13-18-9(2)19-21-13/h5-6,17H,3-4,7-8H2,1-2H3. The number of hydrogen-bond acceptors (Lipinski definition) is 5. The molecule has 0 spiro atoms. The maximum Gasteiger partial charge on any atom is 0.264 e. The van der Waals surface area contributed by atoms with E-state index < -0.39 is 0 Å². The molecule has 0 bridgehead atoms. The summed E-state index contributed by atoms with van der Waals surface area (Å²) in [6, 6.07) is 4.09. The molecule has 114 valence electrons. The summed E-state index contributed by atoms with van der Waals surface area (Å²) in [5, 5.41) is 7.10. The summed E-state index contributed by atoms with van der Waals surface area (Å²) >= 11 is 7.07. The van der Waals surface area contributed by atoms with E-state index in [-0.39, 0.29) is 6.61 Å². The van der Waals surface area contributed by atoms with E-state index in [2.05, 4.69) is 54.2 Å². The second-order valence-electron chi connectivity index (χ2n) is 4.59. The Bertz CT molecular complexity index is 579. The molecule has 0 saturated heterocycles. The summed E-state index contributed by atoms with van der Waals surface area (Å²) in [6.07, 6.45) is 1.12. The highest BCUT2D eigenvalue weighted by molar-refractivity contribution is 9.11. The van der Waals surface area contributed by atoms with Gasteiger partial charge in [-0.2, -0.15) is 4.98 Å². The molecule has 1 heterocycles. The number of aromatic nitrogens is 2. The molecule has 0 atom stereocenters. The van der Waals surface area contributed by atoms with Crippen LogP contribution in [0.4, 0.5) is 0 Å². The van der Waals surface area contributed by atoms with Gasteiger partial charge in [0.15, 0.2) is 12.4 Å². The molecule has 0 aliphatic heterocycles. The molecular formula is C14H17Br2N3O2. The number of aryl methyl sites for hydroxylation is 1. The fourth-order valence-electron chi connectivity index (χ4n) is 1.79. The quantitative estimate of drug-likeness (QED) is 0.689. The summed E-state index contributed by atoms with van der Waals surface area (Å²) in [5.41, 5.74) is 1.18. The van der Waals surface area contributed by atoms with Crippen molar-refractivity contribution in [2.45, 2.75) is 33.4 Å². The summed E-state index contributed by atoms with van der Waals surface area (Å²) in [7, 11) is 0. The normalized spacial score (nSPS) is 10.9. The number of nitrogens with zero attached hydrogens (tertiary/aromatic N) is 2. The zero-order valence-corrected chi connectivity index (χ0v) is 15.1. The Balaban J connectivity index is 2.02. The van der Waals surface area contributed by atoms with Crippen LogP contribution in [-0.2, 0) is 13.2 Å². The van der Waals surface area contributed by atoms with Gasteiger partial charge in [-0.05, 0) is 69.4 Å². The fourth-order valence-corrected chi connectivity index (χ4v) is 3.30. The van der Waals surface area contributed by atoms with Crippen molar-refractivity contribution >= 4 is 31.9 Å². The summed E-state index contributed by atoms with van der Waals surface area (Å²) in [4.78, 5) is 4.11. The van der Waals surface area contributed by atoms with Gasteiger partial charge in [0.2, 0.25) is 0 Å². The average molecular weight is 419 g/mol. The Kier molecular flexibility index (Phi) is 6.20. The Morgan fingerprint density at radius 3 is 2.57 bits per heavy atom. The molecule has 0 unspecified atom stereocenters. The minimum atomic E-state index is 0.242. The van der Waals surface area contributed by atoms with E-state index in [4.69, 9.17) is 9.26 Å². The van der Waals surface area contributed by atoms with Crippen LogP contribution >= 0.6 is 31.9 Å². The van der Waals surface area contributed by atoms with Crippen LogP contribution < -0.4 is 10.1 Å². The molecule has 0 aliphatic rings. The highest BCUT2D eigenvalue weighted by Gasteiger charge is 2.11. The maximum absolute atomic E-state index is 5.74. The van der Waals surface area contributed by atoms with Crippen LogP contribution in [-0.4, -0.2) is 16.7 Å². The van der Waals surface area contributed by atoms with Crippen LogP contribution in [0.25, 0.3) is 0 Å². The first kappa shape index (κ1) is 16.5. The van der Waals surface area contributed by atoms with Crippen molar-refractivity contribution < 1.29 is 9.26 Å². The monoisotopic (exact) mass is 417 g/mol. The van der Waals surface area contributed by atoms with Gasteiger partial charge in [-0.1, -0.05) is 12.1 Å². The number of benzene rings is 1. The van der Waals surface area contributed by atoms with Gasteiger partial charge < -0.3 is 14.6 Å². The molecule has 0 amide bonds. The smallest absolute Gasteiger partial charge is 0.264 e. The summed E-state index contributed by atoms with van der Waals surface area (Å²) in [5.74, 6) is 1.79. The van der Waals surface area contributed by atoms with Crippen molar-refractivity contribution in [3.63, 3.8) is 0 Å². The Morgan fingerprint density at radius 2 is 2.00 bits per heavy atom. The van der Waals surface area contributed by atoms with Gasteiger partial charge in [0.25, 0.3) is 5.89 Å². The van der Waals surface area contributed by atoms with Gasteiger partial charge in [0.05, 0.1) is 8.95 Å². The van der Waals surface area contributed by atoms with E-state index in [0.29, 0.717) is 11.7 Å². The van der Waals surface area contributed by atoms with Gasteiger partial charge in [-0.25, -0.2) is 0 Å². The SMILES string of the molecule is CCCNCc1cc(Br)c(OCc2nc(C)no2)c(Br)c1. The van der Waals surface area contributed by atoms with Gasteiger partial charge in [0.1, 0.15) is 5.75 Å². The lowest BCUT2D eigenvalue weighted by molar-refractivity contribution is 0.240. The first-order chi connectivity index (χ1) is 10.1. The highest BCUT2D eigenvalue weighted by Crippen LogP contribution is 2.35. The summed E-state index contributed by atoms with van der Waals surface area (Å²) < 4.78 is 12.5. The third-order valence-electron chi connectivity index (χ3n) is 2.72. The van der Waals surface area contributed by atoms with Crippen molar-refractivity contribution in [2.75, 3.05) is 6.54 Å². The molecule has 2 aromatic rings. The van der Waals surface area contributed by atoms with Crippen molar-refractivity contribution in [3.8, 4) is 5.75 Å². The van der Waals surface area contributed by atoms with E-state index in [0.717, 1.165) is 34.2 Å². The van der Waals surface area contributed by atoms with E-state index in [1.807, 2.05) is 12.1 Å². The second-order valence-corrected chi connectivity index (χ2v) is 6.30. The van der Waals surface area contributed by atoms with Crippen LogP contribution in [0.2, 0.25) is 0 Å². The molecule has 21 heavy (non-hydrogen) atoms. The Labute approximate surface area is 140 Å². The first-order valence-corrected chi connectivity index (χ1v) is 8.29. The third-order valence-corrected chi connectivity index (χ3v) is 3.90. The molecule has 7 heteroatoms. The number of ether oxygens (including phenoxy) is 1. The van der Waals surface area contributed by atoms with Crippen molar-refractivity contribution in [1.29, 1.82) is 0 Å². The van der Waals surface area contributed by atoms with E-state index in [1.54, 1.807) is 6.92 Å². The minimum absolute atomic E-state index is 0.242. The first-order valence-electron chi connectivity index (χ1n) is 6.70. The van der Waals surface area contributed by atoms with Gasteiger partial charge in [-0.15, -0.1) is 0 Å². The molecule has 0 radical (unpaired) electrons. The molecule has 5 nitrogen and oxygen atoms in total. The van der Waals surface area contributed by atoms with E-state index in [1.165, 1.54) is 5.56 Å². The Morgan fingerprint density at radius 1 is 1.29 bits per heavy atom. The van der Waals surface area contributed by atoms with E-state index in [9.17, 15) is 0 Å². The summed E-state index contributed by atoms with van der Waals surface area (Å²) in [6.45, 7) is 6.00. The lowest BCUT2D eigenvalue weighted by Crippen LogP contribution is -2.13. The largest absolute Gasteiger partial charge is 0.481 e.